The number of carbonyl (C=O) groups excluding carboxylic acids is 2. The third-order valence-electron chi connectivity index (χ3n) is 24.6. The SMILES string of the molecule is CC[C@H]1O[C@@H](n2cnc3c(N)ncnc32)C[C@H]1OP(O)(=S)OC[C@H]1O[C@@H](n2cc(C)c(N)nc2=O)C(OCCOC)[C@H]1OP(=O)(O)OC[C@H]1O[C@@H](n2cnc3c(N)ncnc32)C(OCCOC)[C@H]1OP(=O)(S)OC[C@H]1O[C@@H](n2cnc3c(=O)[nH]c(N)nc32)C(OCCOC)[C@H]1OP(=O)(O)OC[C@H]1O[C@@H](N2C=C(C)C(N)NC2=O)C(CCCOC)[C@H]1OP(O)(=S)OC[C@H]1O[C@@H](N2C=C(C)C(N)NC2=O)C(OCCOC)[C@H]1O. The van der Waals surface area contributed by atoms with Gasteiger partial charge in [-0.2, -0.15) is 9.97 Å². The van der Waals surface area contributed by atoms with Crippen LogP contribution in [0, 0.1) is 12.8 Å². The van der Waals surface area contributed by atoms with Crippen molar-refractivity contribution in [1.82, 2.24) is 88.5 Å². The van der Waals surface area contributed by atoms with Crippen LogP contribution in [0.1, 0.15) is 76.9 Å². The van der Waals surface area contributed by atoms with E-state index < -0.39 is 251 Å². The summed E-state index contributed by atoms with van der Waals surface area (Å²) < 4.78 is 204. The van der Waals surface area contributed by atoms with Gasteiger partial charge in [-0.1, -0.05) is 19.2 Å². The molecule has 0 aliphatic carbocycles. The first-order valence-electron chi connectivity index (χ1n) is 45.4. The molecule has 7 aromatic heterocycles. The molecule has 15 rings (SSSR count). The molecular weight excluding hydrogens is 2100 g/mol. The average Bonchev–Trinajstić information content (AvgIpc) is 1.59. The van der Waals surface area contributed by atoms with Crippen molar-refractivity contribution in [2.24, 2.45) is 17.4 Å². The number of anilines is 4. The van der Waals surface area contributed by atoms with Crippen LogP contribution in [0.2, 0.25) is 0 Å². The van der Waals surface area contributed by atoms with E-state index in [9.17, 15) is 43.9 Å². The molecule has 0 bridgehead atoms. The number of hydrogen-bond acceptors (Lipinski definition) is 50. The molecule has 0 aromatic carbocycles. The smallest absolute Gasteiger partial charge is 0.387 e. The second-order valence-corrected chi connectivity index (χ2v) is 45.6. The van der Waals surface area contributed by atoms with Crippen molar-refractivity contribution in [2.45, 2.75) is 201 Å². The van der Waals surface area contributed by atoms with Crippen molar-refractivity contribution >= 4 is 141 Å². The molecule has 6 saturated heterocycles. The van der Waals surface area contributed by atoms with E-state index in [1.165, 1.54) is 84.6 Å². The van der Waals surface area contributed by atoms with Gasteiger partial charge in [0.1, 0.15) is 140 Å². The number of aryl methyl sites for hydroxylation is 1. The molecular formula is C77H117N24O37P5S3. The number of nitrogens with two attached hydrogens (primary N) is 6. The number of thiol groups is 1. The maximum absolute atomic E-state index is 15.8. The number of imidazole rings is 3. The number of hydrogen-bond donors (Lipinski definition) is 15. The van der Waals surface area contributed by atoms with Gasteiger partial charge in [0.2, 0.25) is 5.95 Å². The molecule has 7 aromatic rings. The van der Waals surface area contributed by atoms with Crippen LogP contribution in [0.5, 0.6) is 0 Å². The van der Waals surface area contributed by atoms with Gasteiger partial charge in [0.15, 0.2) is 59.0 Å². The van der Waals surface area contributed by atoms with Gasteiger partial charge in [0, 0.05) is 78.7 Å². The summed E-state index contributed by atoms with van der Waals surface area (Å²) in [5.41, 5.74) is 36.5. The van der Waals surface area contributed by atoms with Gasteiger partial charge >= 0.3 is 53.6 Å². The molecule has 69 heteroatoms. The second kappa shape index (κ2) is 48.7. The number of ether oxygens (including phenoxy) is 15. The molecule has 15 heterocycles. The lowest BCUT2D eigenvalue weighted by Gasteiger charge is -2.35. The van der Waals surface area contributed by atoms with Gasteiger partial charge in [0.05, 0.1) is 117 Å². The topological polar surface area (TPSA) is 790 Å². The van der Waals surface area contributed by atoms with Crippen LogP contribution in [0.15, 0.2) is 71.0 Å². The highest BCUT2D eigenvalue weighted by Gasteiger charge is 2.59. The summed E-state index contributed by atoms with van der Waals surface area (Å²) >= 11 is 15.9. The zero-order valence-corrected chi connectivity index (χ0v) is 86.8. The van der Waals surface area contributed by atoms with Crippen molar-refractivity contribution in [1.29, 1.82) is 0 Å². The van der Waals surface area contributed by atoms with Crippen molar-refractivity contribution in [3.8, 4) is 0 Å². The maximum atomic E-state index is 15.8. The molecule has 8 aliphatic rings. The first-order chi connectivity index (χ1) is 69.6. The Bertz CT molecular complexity index is 6170. The van der Waals surface area contributed by atoms with Crippen LogP contribution in [-0.2, 0) is 154 Å². The number of fused-ring (bicyclic) bond motifs is 3. The number of methoxy groups -OCH3 is 5. The number of aromatic amines is 1. The minimum atomic E-state index is -5.82. The molecule has 0 saturated carbocycles. The Kier molecular flexibility index (Phi) is 37.6. The fourth-order valence-electron chi connectivity index (χ4n) is 17.4. The van der Waals surface area contributed by atoms with Gasteiger partial charge in [-0.15, -0.1) is 0 Å². The predicted molar refractivity (Wildman–Crippen MR) is 512 cm³/mol. The Morgan fingerprint density at radius 3 is 1.44 bits per heavy atom. The fraction of sp³-hybridized carbons (Fsp3) is 0.675. The summed E-state index contributed by atoms with van der Waals surface area (Å²) in [6.45, 7) is -14.0. The van der Waals surface area contributed by atoms with Crippen LogP contribution in [0.25, 0.3) is 33.5 Å². The highest BCUT2D eigenvalue weighted by atomic mass is 32.7. The summed E-state index contributed by atoms with van der Waals surface area (Å²) in [6, 6.07) is -1.49. The Balaban J connectivity index is 0.721. The largest absolute Gasteiger partial charge is 0.472 e. The zero-order chi connectivity index (χ0) is 105. The number of phosphoric ester groups is 2. The van der Waals surface area contributed by atoms with Crippen LogP contribution in [-0.4, -0.2) is 365 Å². The molecule has 61 nitrogen and oxygen atoms in total. The summed E-state index contributed by atoms with van der Waals surface area (Å²) in [5.74, 6) is -1.64. The fourth-order valence-corrected chi connectivity index (χ4v) is 23.8. The molecule has 20 N–H and O–H groups in total. The normalized spacial score (nSPS) is 31.3. The second-order valence-electron chi connectivity index (χ2n) is 34.3. The quantitative estimate of drug-likeness (QED) is 0.0137. The molecule has 810 valence electrons. The van der Waals surface area contributed by atoms with Crippen LogP contribution >= 0.6 is 48.1 Å². The van der Waals surface area contributed by atoms with E-state index in [-0.39, 0.29) is 124 Å². The van der Waals surface area contributed by atoms with Gasteiger partial charge < -0.3 is 159 Å². The number of nitrogens with zero attached hydrogens (tertiary/aromatic N) is 15. The first-order valence-corrected chi connectivity index (χ1v) is 56.2. The number of urea groups is 2. The third kappa shape index (κ3) is 26.2. The van der Waals surface area contributed by atoms with Crippen molar-refractivity contribution < 1.29 is 164 Å². The molecule has 146 heavy (non-hydrogen) atoms. The van der Waals surface area contributed by atoms with Gasteiger partial charge in [-0.25, -0.2) is 63.0 Å². The number of nitrogen functional groups attached to an aromatic ring is 4. The number of H-pyrrole nitrogens is 1. The number of phosphoric acid groups is 2. The highest BCUT2D eigenvalue weighted by Crippen LogP contribution is 2.61. The summed E-state index contributed by atoms with van der Waals surface area (Å²) in [4.78, 5) is 147. The summed E-state index contributed by atoms with van der Waals surface area (Å²) in [6.07, 6.45) is -24.6. The van der Waals surface area contributed by atoms with Crippen LogP contribution in [0.3, 0.4) is 0 Å². The van der Waals surface area contributed by atoms with Crippen LogP contribution < -0.4 is 56.3 Å². The molecule has 8 aliphatic heterocycles. The lowest BCUT2D eigenvalue weighted by atomic mass is 9.94. The van der Waals surface area contributed by atoms with E-state index in [0.29, 0.717) is 28.7 Å². The standard InChI is InChI=1S/C77H117N24O37P5S3/c1-10-40-41(22-47(128-40)99-33-88-48-63(81)84-31-86-65(48)99)134-141(111,144)126-29-45-53(57(120-19-15-116-7)71(131-45)98-25-38(4)62(80)93-77(98)106)135-140(109,110)124-28-44-55(59(122-21-17-118-9)72(132-44)100-34-89-49-64(82)85-32-87-66(49)100)138-143(113,146)127-30-46-54(58(121-20-16-117-8)73(133-46)101-35-90-50-67(101)94-74(83)95-68(50)103)136-139(107,108)123-27-43-52(39(12-11-13-114-5)69(130-43)96-23-36(2)60(78)91-75(96)104)137-142(112,145)125-26-42-51(102)56(119-18-14-115-6)70(129-42)97-24-37(3)61(79)92-76(97)105/h23-25,31-35,39-47,51-61,69-73,102H,10-22,26-30,78-79H2,1-9H3,(H,91,104)(H,92,105)(H,107,108)(H,109,110)(H,111,144)(H,112,145)(H,113,146)(H2,80,93,106)(H2,81,84,86)(H2,82,85,87)(H3,83,94,95,103)/t39?,40-,41-,42-,43-,44-,45-,46-,47-,51+,52-,53+,54+,55+,56?,57?,58?,59?,60?,61?,69-,70-,71-,72-,73-,141?,142?,143?/m1/s1. The average molecular weight is 2220 g/mol. The Hall–Kier alpha value is -7.39. The monoisotopic (exact) mass is 2220 g/mol. The molecule has 4 amide bonds. The lowest BCUT2D eigenvalue weighted by Crippen LogP contribution is -2.57. The minimum Gasteiger partial charge on any atom is -0.387 e. The number of amides is 4. The Morgan fingerprint density at radius 2 is 0.911 bits per heavy atom. The molecule has 0 spiro atoms. The van der Waals surface area contributed by atoms with Gasteiger partial charge in [-0.3, -0.25) is 65.0 Å². The van der Waals surface area contributed by atoms with E-state index in [1.54, 1.807) is 25.3 Å². The number of nitrogens with one attached hydrogen (secondary N) is 3. The van der Waals surface area contributed by atoms with Gasteiger partial charge in [-0.05, 0) is 74.8 Å². The summed E-state index contributed by atoms with van der Waals surface area (Å²) in [7, 11) is -4.69. The minimum absolute atomic E-state index is 0.0111. The summed E-state index contributed by atoms with van der Waals surface area (Å²) in [5, 5.41) is 17.1. The zero-order valence-electron chi connectivity index (χ0n) is 79.8. The van der Waals surface area contributed by atoms with E-state index in [2.05, 4.69) is 72.7 Å². The van der Waals surface area contributed by atoms with Crippen molar-refractivity contribution in [3.05, 3.63) is 87.8 Å². The molecule has 0 radical (unpaired) electrons. The van der Waals surface area contributed by atoms with Crippen molar-refractivity contribution in [2.75, 3.05) is 151 Å². The highest BCUT2D eigenvalue weighted by molar-refractivity contribution is 8.44. The lowest BCUT2D eigenvalue weighted by molar-refractivity contribution is -0.0903. The van der Waals surface area contributed by atoms with E-state index in [1.807, 2.05) is 0 Å². The van der Waals surface area contributed by atoms with Crippen molar-refractivity contribution in [3.63, 3.8) is 0 Å². The third-order valence-corrected chi connectivity index (χ3v) is 31.3. The first kappa shape index (κ1) is 113. The maximum Gasteiger partial charge on any atom is 0.472 e. The Morgan fingerprint density at radius 1 is 0.473 bits per heavy atom. The number of rotatable bonds is 52. The van der Waals surface area contributed by atoms with Crippen LogP contribution in [0.4, 0.5) is 33.0 Å². The molecule has 6 fully saturated rings. The number of carbonyl (C=O) groups is 2. The molecule has 30 atom stereocenters. The number of aromatic nitrogens is 14. The van der Waals surface area contributed by atoms with E-state index in [4.69, 9.17) is 174 Å². The van der Waals surface area contributed by atoms with E-state index in [0.717, 1.165) is 31.6 Å². The predicted octanol–water partition coefficient (Wildman–Crippen LogP) is 0.172. The number of aliphatic hydroxyl groups excluding tert-OH is 1. The Labute approximate surface area is 846 Å². The number of aliphatic hydroxyl groups is 1. The molecule has 12 unspecified atom stereocenters. The van der Waals surface area contributed by atoms with Gasteiger partial charge in [0.25, 0.3) is 5.56 Å². The van der Waals surface area contributed by atoms with E-state index >= 15 is 13.7 Å².